The Morgan fingerprint density at radius 3 is 2.67 bits per heavy atom. The molecule has 1 rings (SSSR count). The summed E-state index contributed by atoms with van der Waals surface area (Å²) in [5, 5.41) is 2.83. The third-order valence-corrected chi connectivity index (χ3v) is 2.02. The topological polar surface area (TPSA) is 29.1 Å². The van der Waals surface area contributed by atoms with E-state index in [4.69, 9.17) is 0 Å². The molecule has 0 unspecified atom stereocenters. The van der Waals surface area contributed by atoms with Gasteiger partial charge in [0.1, 0.15) is 0 Å². The lowest BCUT2D eigenvalue weighted by molar-refractivity contribution is -0.117. The van der Waals surface area contributed by atoms with E-state index in [2.05, 4.69) is 11.9 Å². The van der Waals surface area contributed by atoms with Crippen molar-refractivity contribution in [2.24, 2.45) is 0 Å². The number of hydrogen-bond donors (Lipinski definition) is 1. The van der Waals surface area contributed by atoms with Gasteiger partial charge in [-0.15, -0.1) is 0 Å². The van der Waals surface area contributed by atoms with Gasteiger partial charge in [0.2, 0.25) is 5.91 Å². The molecule has 0 aliphatic heterocycles. The largest absolute Gasteiger partial charge is 0.348 e. The van der Waals surface area contributed by atoms with Crippen LogP contribution in [-0.2, 0) is 11.3 Å². The normalized spacial score (nSPS) is 10.9. The molecule has 2 heteroatoms. The van der Waals surface area contributed by atoms with Crippen LogP contribution in [0.5, 0.6) is 0 Å². The summed E-state index contributed by atoms with van der Waals surface area (Å²) in [5.74, 6) is -0.0567. The van der Waals surface area contributed by atoms with Crippen LogP contribution in [0.4, 0.5) is 0 Å². The molecule has 1 aromatic carbocycles. The van der Waals surface area contributed by atoms with Crippen molar-refractivity contribution in [1.29, 1.82) is 0 Å². The van der Waals surface area contributed by atoms with Gasteiger partial charge in [-0.1, -0.05) is 49.1 Å². The number of allylic oxidation sites excluding steroid dienone is 2. The summed E-state index contributed by atoms with van der Waals surface area (Å²) in [6, 6.07) is 9.82. The van der Waals surface area contributed by atoms with Crippen molar-refractivity contribution in [3.63, 3.8) is 0 Å². The first kappa shape index (κ1) is 11.2. The second kappa shape index (κ2) is 5.81. The predicted molar refractivity (Wildman–Crippen MR) is 62.2 cm³/mol. The molecule has 1 N–H and O–H groups in total. The smallest absolute Gasteiger partial charge is 0.247 e. The van der Waals surface area contributed by atoms with E-state index in [9.17, 15) is 4.79 Å². The van der Waals surface area contributed by atoms with E-state index >= 15 is 0 Å². The molecule has 0 fully saturated rings. The van der Waals surface area contributed by atoms with Gasteiger partial charge in [0.15, 0.2) is 0 Å². The highest BCUT2D eigenvalue weighted by atomic mass is 16.1. The molecule has 2 nitrogen and oxygen atoms in total. The molecule has 0 bridgehead atoms. The van der Waals surface area contributed by atoms with Gasteiger partial charge in [-0.3, -0.25) is 4.79 Å². The van der Waals surface area contributed by atoms with Crippen LogP contribution in [-0.4, -0.2) is 5.91 Å². The number of carbonyl (C=O) groups excluding carboxylic acids is 1. The quantitative estimate of drug-likeness (QED) is 0.588. The van der Waals surface area contributed by atoms with Gasteiger partial charge in [-0.25, -0.2) is 0 Å². The van der Waals surface area contributed by atoms with E-state index in [0.29, 0.717) is 12.1 Å². The third-order valence-electron chi connectivity index (χ3n) is 2.02. The third kappa shape index (κ3) is 3.81. The zero-order valence-corrected chi connectivity index (χ0v) is 8.86. The molecule has 1 aromatic rings. The van der Waals surface area contributed by atoms with Gasteiger partial charge in [-0.05, 0) is 12.5 Å². The lowest BCUT2D eigenvalue weighted by Gasteiger charge is -2.04. The lowest BCUT2D eigenvalue weighted by Crippen LogP contribution is -2.23. The van der Waals surface area contributed by atoms with E-state index in [0.717, 1.165) is 5.56 Å². The fourth-order valence-corrected chi connectivity index (χ4v) is 1.17. The van der Waals surface area contributed by atoms with Crippen molar-refractivity contribution in [2.75, 3.05) is 0 Å². The Hall–Kier alpha value is -1.83. The molecule has 0 aliphatic rings. The van der Waals surface area contributed by atoms with Crippen molar-refractivity contribution in [2.45, 2.75) is 13.5 Å². The molecular weight excluding hydrogens is 186 g/mol. The summed E-state index contributed by atoms with van der Waals surface area (Å²) in [5.41, 5.74) is 1.76. The van der Waals surface area contributed by atoms with E-state index in [1.165, 1.54) is 0 Å². The first-order chi connectivity index (χ1) is 7.24. The SMILES string of the molecule is C=C/C=C(\C)C(=O)NCc1ccccc1. The van der Waals surface area contributed by atoms with Gasteiger partial charge in [0.05, 0.1) is 0 Å². The molecule has 0 saturated heterocycles. The zero-order chi connectivity index (χ0) is 11.1. The Kier molecular flexibility index (Phi) is 4.35. The summed E-state index contributed by atoms with van der Waals surface area (Å²) in [6.07, 6.45) is 3.30. The molecule has 0 radical (unpaired) electrons. The number of amides is 1. The second-order valence-electron chi connectivity index (χ2n) is 3.25. The molecule has 0 aliphatic carbocycles. The highest BCUT2D eigenvalue weighted by Crippen LogP contribution is 1.99. The monoisotopic (exact) mass is 201 g/mol. The number of carbonyl (C=O) groups is 1. The van der Waals surface area contributed by atoms with E-state index in [1.807, 2.05) is 30.3 Å². The fraction of sp³-hybridized carbons (Fsp3) is 0.154. The first-order valence-electron chi connectivity index (χ1n) is 4.85. The van der Waals surface area contributed by atoms with Crippen molar-refractivity contribution >= 4 is 5.91 Å². The van der Waals surface area contributed by atoms with Gasteiger partial charge in [-0.2, -0.15) is 0 Å². The standard InChI is InChI=1S/C13H15NO/c1-3-7-11(2)13(15)14-10-12-8-5-4-6-9-12/h3-9H,1,10H2,2H3,(H,14,15)/b11-7+. The average Bonchev–Trinajstić information content (AvgIpc) is 2.27. The van der Waals surface area contributed by atoms with Crippen LogP contribution < -0.4 is 5.32 Å². The number of benzene rings is 1. The molecule has 0 heterocycles. The second-order valence-corrected chi connectivity index (χ2v) is 3.25. The van der Waals surface area contributed by atoms with Gasteiger partial charge >= 0.3 is 0 Å². The Labute approximate surface area is 90.3 Å². The van der Waals surface area contributed by atoms with E-state index in [1.54, 1.807) is 19.1 Å². The molecule has 0 aromatic heterocycles. The Morgan fingerprint density at radius 1 is 1.40 bits per heavy atom. The van der Waals surface area contributed by atoms with Crippen LogP contribution in [0.15, 0.2) is 54.6 Å². The van der Waals surface area contributed by atoms with Crippen LogP contribution in [0.3, 0.4) is 0 Å². The van der Waals surface area contributed by atoms with Crippen molar-refractivity contribution in [3.05, 3.63) is 60.2 Å². The Balaban J connectivity index is 2.48. The van der Waals surface area contributed by atoms with Crippen LogP contribution >= 0.6 is 0 Å². The molecule has 1 amide bonds. The summed E-state index contributed by atoms with van der Waals surface area (Å²) in [7, 11) is 0. The predicted octanol–water partition coefficient (Wildman–Crippen LogP) is 2.44. The minimum atomic E-state index is -0.0567. The highest BCUT2D eigenvalue weighted by Gasteiger charge is 2.01. The Bertz CT molecular complexity index is 365. The fourth-order valence-electron chi connectivity index (χ4n) is 1.17. The summed E-state index contributed by atoms with van der Waals surface area (Å²) >= 11 is 0. The Morgan fingerprint density at radius 2 is 2.07 bits per heavy atom. The van der Waals surface area contributed by atoms with Crippen LogP contribution in [0.25, 0.3) is 0 Å². The van der Waals surface area contributed by atoms with Gasteiger partial charge in [0.25, 0.3) is 0 Å². The number of rotatable bonds is 4. The van der Waals surface area contributed by atoms with E-state index < -0.39 is 0 Å². The zero-order valence-electron chi connectivity index (χ0n) is 8.86. The van der Waals surface area contributed by atoms with Crippen molar-refractivity contribution in [1.82, 2.24) is 5.32 Å². The number of nitrogens with one attached hydrogen (secondary N) is 1. The lowest BCUT2D eigenvalue weighted by atomic mass is 10.2. The van der Waals surface area contributed by atoms with Crippen LogP contribution in [0.1, 0.15) is 12.5 Å². The summed E-state index contributed by atoms with van der Waals surface area (Å²) in [4.78, 5) is 11.5. The molecule has 0 saturated carbocycles. The highest BCUT2D eigenvalue weighted by molar-refractivity contribution is 5.92. The summed E-state index contributed by atoms with van der Waals surface area (Å²) < 4.78 is 0. The van der Waals surface area contributed by atoms with Crippen molar-refractivity contribution < 1.29 is 4.79 Å². The maximum absolute atomic E-state index is 11.5. The minimum Gasteiger partial charge on any atom is -0.348 e. The molecule has 0 atom stereocenters. The minimum absolute atomic E-state index is 0.0567. The van der Waals surface area contributed by atoms with Gasteiger partial charge < -0.3 is 5.32 Å². The first-order valence-corrected chi connectivity index (χ1v) is 4.85. The maximum Gasteiger partial charge on any atom is 0.247 e. The molecule has 78 valence electrons. The average molecular weight is 201 g/mol. The van der Waals surface area contributed by atoms with Crippen molar-refractivity contribution in [3.8, 4) is 0 Å². The van der Waals surface area contributed by atoms with Crippen LogP contribution in [0.2, 0.25) is 0 Å². The van der Waals surface area contributed by atoms with Crippen LogP contribution in [0, 0.1) is 0 Å². The summed E-state index contributed by atoms with van der Waals surface area (Å²) in [6.45, 7) is 5.87. The van der Waals surface area contributed by atoms with Gasteiger partial charge in [0, 0.05) is 12.1 Å². The number of hydrogen-bond acceptors (Lipinski definition) is 1. The van der Waals surface area contributed by atoms with E-state index in [-0.39, 0.29) is 5.91 Å². The molecule has 15 heavy (non-hydrogen) atoms. The maximum atomic E-state index is 11.5. The molecule has 0 spiro atoms. The molecular formula is C13H15NO.